The van der Waals surface area contributed by atoms with Gasteiger partial charge in [0.2, 0.25) is 11.8 Å². The fraction of sp³-hybridized carbons (Fsp3) is 0.500. The Labute approximate surface area is 191 Å². The molecule has 0 N–H and O–H groups in total. The fourth-order valence-corrected chi connectivity index (χ4v) is 5.30. The molecular weight excluding hydrogens is 431 g/mol. The molecule has 0 saturated carbocycles. The topological polar surface area (TPSA) is 59.1 Å². The quantitative estimate of drug-likeness (QED) is 0.601. The number of hydrogen-bond donors (Lipinski definition) is 0. The van der Waals surface area contributed by atoms with Crippen LogP contribution in [0.15, 0.2) is 35.7 Å². The number of carbonyl (C=O) groups excluding carboxylic acids is 2. The summed E-state index contributed by atoms with van der Waals surface area (Å²) in [6, 6.07) is 7.96. The van der Waals surface area contributed by atoms with E-state index in [1.54, 1.807) is 46.3 Å². The molecule has 1 aromatic carbocycles. The number of thiophene rings is 1. The highest BCUT2D eigenvalue weighted by atomic mass is 32.1. The summed E-state index contributed by atoms with van der Waals surface area (Å²) in [5.41, 5.74) is 1.04. The van der Waals surface area contributed by atoms with E-state index in [4.69, 9.17) is 9.47 Å². The van der Waals surface area contributed by atoms with Crippen molar-refractivity contribution >= 4 is 23.2 Å². The summed E-state index contributed by atoms with van der Waals surface area (Å²) in [5, 5.41) is 2.01. The number of amides is 2. The third-order valence-electron chi connectivity index (χ3n) is 6.08. The molecule has 172 valence electrons. The Morgan fingerprint density at radius 3 is 2.91 bits per heavy atom. The van der Waals surface area contributed by atoms with Crippen molar-refractivity contribution in [2.45, 2.75) is 44.8 Å². The van der Waals surface area contributed by atoms with E-state index in [0.717, 1.165) is 24.8 Å². The van der Waals surface area contributed by atoms with Crippen LogP contribution in [-0.2, 0) is 20.7 Å². The molecule has 0 bridgehead atoms. The summed E-state index contributed by atoms with van der Waals surface area (Å²) in [6.07, 6.45) is 2.98. The molecule has 6 nitrogen and oxygen atoms in total. The van der Waals surface area contributed by atoms with Gasteiger partial charge >= 0.3 is 0 Å². The number of nitrogens with zero attached hydrogens (tertiary/aromatic N) is 2. The number of benzene rings is 1. The average Bonchev–Trinajstić information content (AvgIpc) is 3.49. The maximum atomic E-state index is 14.1. The molecule has 4 rings (SSSR count). The number of halogens is 1. The predicted molar refractivity (Wildman–Crippen MR) is 120 cm³/mol. The summed E-state index contributed by atoms with van der Waals surface area (Å²) in [4.78, 5) is 30.5. The second-order valence-electron chi connectivity index (χ2n) is 8.16. The van der Waals surface area contributed by atoms with Crippen molar-refractivity contribution < 1.29 is 23.5 Å². The van der Waals surface area contributed by atoms with E-state index in [9.17, 15) is 14.0 Å². The maximum absolute atomic E-state index is 14.1. The monoisotopic (exact) mass is 460 g/mol. The van der Waals surface area contributed by atoms with Gasteiger partial charge in [0.15, 0.2) is 11.6 Å². The van der Waals surface area contributed by atoms with E-state index in [1.165, 1.54) is 10.9 Å². The summed E-state index contributed by atoms with van der Waals surface area (Å²) in [7, 11) is 0. The van der Waals surface area contributed by atoms with Gasteiger partial charge in [0.1, 0.15) is 6.61 Å². The Morgan fingerprint density at radius 2 is 2.16 bits per heavy atom. The molecule has 8 heteroatoms. The zero-order valence-electron chi connectivity index (χ0n) is 18.3. The lowest BCUT2D eigenvalue weighted by molar-refractivity contribution is -0.143. The molecule has 1 aromatic heterocycles. The zero-order chi connectivity index (χ0) is 22.5. The van der Waals surface area contributed by atoms with E-state index in [1.807, 2.05) is 11.4 Å². The van der Waals surface area contributed by atoms with Gasteiger partial charge in [-0.25, -0.2) is 4.39 Å². The molecule has 2 aliphatic rings. The summed E-state index contributed by atoms with van der Waals surface area (Å²) >= 11 is 1.66. The fourth-order valence-electron chi connectivity index (χ4n) is 4.37. The van der Waals surface area contributed by atoms with Crippen molar-refractivity contribution in [3.05, 3.63) is 52.0 Å². The van der Waals surface area contributed by atoms with Crippen LogP contribution in [0.25, 0.3) is 0 Å². The molecule has 0 aliphatic carbocycles. The Balaban J connectivity index is 1.49. The number of rotatable bonds is 8. The first kappa shape index (κ1) is 22.7. The van der Waals surface area contributed by atoms with Crippen LogP contribution in [0.3, 0.4) is 0 Å². The molecule has 2 aliphatic heterocycles. The first-order valence-corrected chi connectivity index (χ1v) is 12.1. The summed E-state index contributed by atoms with van der Waals surface area (Å²) in [5.74, 6) is -0.434. The average molecular weight is 461 g/mol. The van der Waals surface area contributed by atoms with Crippen LogP contribution >= 0.6 is 11.3 Å². The third-order valence-corrected chi connectivity index (χ3v) is 7.07. The maximum Gasteiger partial charge on any atom is 0.242 e. The second kappa shape index (κ2) is 10.4. The minimum Gasteiger partial charge on any atom is -0.488 e. The van der Waals surface area contributed by atoms with Crippen molar-refractivity contribution in [2.24, 2.45) is 0 Å². The lowest BCUT2D eigenvalue weighted by Gasteiger charge is -2.37. The first-order valence-electron chi connectivity index (χ1n) is 11.2. The second-order valence-corrected chi connectivity index (χ2v) is 9.16. The van der Waals surface area contributed by atoms with Crippen molar-refractivity contribution in [1.82, 2.24) is 9.80 Å². The largest absolute Gasteiger partial charge is 0.488 e. The Morgan fingerprint density at radius 1 is 1.31 bits per heavy atom. The van der Waals surface area contributed by atoms with Gasteiger partial charge in [0, 0.05) is 31.0 Å². The highest BCUT2D eigenvalue weighted by Crippen LogP contribution is 2.34. The van der Waals surface area contributed by atoms with Gasteiger partial charge in [-0.1, -0.05) is 19.1 Å². The van der Waals surface area contributed by atoms with Crippen LogP contribution in [0.4, 0.5) is 4.39 Å². The molecule has 32 heavy (non-hydrogen) atoms. The Hall–Kier alpha value is -2.45. The van der Waals surface area contributed by atoms with Gasteiger partial charge in [-0.05, 0) is 48.4 Å². The number of hydrogen-bond acceptors (Lipinski definition) is 5. The lowest BCUT2D eigenvalue weighted by atomic mass is 10.0. The van der Waals surface area contributed by atoms with E-state index in [2.05, 4.69) is 0 Å². The van der Waals surface area contributed by atoms with Crippen molar-refractivity contribution in [2.75, 3.05) is 32.8 Å². The van der Waals surface area contributed by atoms with Gasteiger partial charge in [0.25, 0.3) is 0 Å². The number of para-hydroxylation sites is 1. The van der Waals surface area contributed by atoms with Crippen molar-refractivity contribution in [3.63, 3.8) is 0 Å². The van der Waals surface area contributed by atoms with Crippen LogP contribution < -0.4 is 4.74 Å². The number of fused-ring (bicyclic) bond motifs is 1. The SMILES string of the molecule is CCC(=O)N(CC(=O)N1CCc2sccc2C1COc1ccccc1F)CC1CCCO1. The van der Waals surface area contributed by atoms with E-state index >= 15 is 0 Å². The van der Waals surface area contributed by atoms with Gasteiger partial charge in [-0.3, -0.25) is 9.59 Å². The van der Waals surface area contributed by atoms with E-state index in [0.29, 0.717) is 26.1 Å². The molecule has 0 radical (unpaired) electrons. The van der Waals surface area contributed by atoms with E-state index < -0.39 is 5.82 Å². The van der Waals surface area contributed by atoms with Crippen LogP contribution in [0.1, 0.15) is 42.7 Å². The molecule has 2 unspecified atom stereocenters. The van der Waals surface area contributed by atoms with Gasteiger partial charge in [0.05, 0.1) is 18.7 Å². The van der Waals surface area contributed by atoms with Crippen LogP contribution in [-0.4, -0.2) is 60.6 Å². The highest BCUT2D eigenvalue weighted by molar-refractivity contribution is 7.10. The molecule has 2 amide bonds. The smallest absolute Gasteiger partial charge is 0.242 e. The van der Waals surface area contributed by atoms with Crippen LogP contribution in [0, 0.1) is 5.82 Å². The normalized spacial score (nSPS) is 20.1. The number of ether oxygens (including phenoxy) is 2. The Kier molecular flexibility index (Phi) is 7.42. The van der Waals surface area contributed by atoms with E-state index in [-0.39, 0.29) is 42.9 Å². The molecule has 1 saturated heterocycles. The summed E-state index contributed by atoms with van der Waals surface area (Å²) < 4.78 is 25.6. The molecule has 2 atom stereocenters. The molecule has 0 spiro atoms. The zero-order valence-corrected chi connectivity index (χ0v) is 19.1. The Bertz CT molecular complexity index is 944. The van der Waals surface area contributed by atoms with Gasteiger partial charge in [-0.15, -0.1) is 11.3 Å². The van der Waals surface area contributed by atoms with Gasteiger partial charge < -0.3 is 19.3 Å². The first-order chi connectivity index (χ1) is 15.6. The van der Waals surface area contributed by atoms with Crippen LogP contribution in [0.2, 0.25) is 0 Å². The highest BCUT2D eigenvalue weighted by Gasteiger charge is 2.34. The minimum absolute atomic E-state index is 0.0108. The molecule has 2 aromatic rings. The molecule has 3 heterocycles. The summed E-state index contributed by atoms with van der Waals surface area (Å²) in [6.45, 7) is 3.67. The van der Waals surface area contributed by atoms with Crippen molar-refractivity contribution in [1.29, 1.82) is 0 Å². The predicted octanol–water partition coefficient (Wildman–Crippen LogP) is 3.81. The minimum atomic E-state index is -0.428. The molecule has 1 fully saturated rings. The molecular formula is C24H29FN2O4S. The van der Waals surface area contributed by atoms with Crippen LogP contribution in [0.5, 0.6) is 5.75 Å². The van der Waals surface area contributed by atoms with Gasteiger partial charge in [-0.2, -0.15) is 0 Å². The third kappa shape index (κ3) is 5.13. The standard InChI is InChI=1S/C24H29FN2O4S/c1-2-23(28)26(14-17-6-5-12-30-17)15-24(29)27-11-9-22-18(10-13-32-22)20(27)16-31-21-8-4-3-7-19(21)25/h3-4,7-8,10,13,17,20H,2,5-6,9,11-12,14-16H2,1H3. The van der Waals surface area contributed by atoms with Crippen molar-refractivity contribution in [3.8, 4) is 5.75 Å². The number of carbonyl (C=O) groups is 2. The lowest BCUT2D eigenvalue weighted by Crippen LogP contribution is -2.49.